The summed E-state index contributed by atoms with van der Waals surface area (Å²) in [6, 6.07) is 1.04. The maximum atomic E-state index is 5.47. The van der Waals surface area contributed by atoms with Crippen molar-refractivity contribution < 1.29 is 0 Å². The Hall–Kier alpha value is -0.770. The SMILES string of the molecule is CCC(CC)N(C)C(=NC1CC1)NN. The first kappa shape index (κ1) is 11.3. The van der Waals surface area contributed by atoms with Gasteiger partial charge in [0.25, 0.3) is 0 Å². The van der Waals surface area contributed by atoms with Crippen molar-refractivity contribution in [3.05, 3.63) is 0 Å². The minimum absolute atomic E-state index is 0.512. The van der Waals surface area contributed by atoms with Crippen LogP contribution in [0.15, 0.2) is 4.99 Å². The lowest BCUT2D eigenvalue weighted by Gasteiger charge is -2.28. The number of guanidine groups is 1. The van der Waals surface area contributed by atoms with Gasteiger partial charge in [0.05, 0.1) is 6.04 Å². The van der Waals surface area contributed by atoms with Crippen molar-refractivity contribution in [3.63, 3.8) is 0 Å². The number of nitrogens with two attached hydrogens (primary N) is 1. The lowest BCUT2D eigenvalue weighted by Crippen LogP contribution is -2.47. The molecule has 0 bridgehead atoms. The normalized spacial score (nSPS) is 17.4. The summed E-state index contributed by atoms with van der Waals surface area (Å²) in [4.78, 5) is 6.68. The summed E-state index contributed by atoms with van der Waals surface area (Å²) < 4.78 is 0. The molecule has 3 N–H and O–H groups in total. The van der Waals surface area contributed by atoms with E-state index in [9.17, 15) is 0 Å². The Morgan fingerprint density at radius 1 is 1.50 bits per heavy atom. The third-order valence-corrected chi connectivity index (χ3v) is 2.81. The van der Waals surface area contributed by atoms with Crippen LogP contribution in [0, 0.1) is 0 Å². The summed E-state index contributed by atoms with van der Waals surface area (Å²) in [6.07, 6.45) is 4.67. The molecule has 1 aliphatic carbocycles. The van der Waals surface area contributed by atoms with Crippen molar-refractivity contribution in [1.29, 1.82) is 0 Å². The minimum atomic E-state index is 0.512. The molecule has 0 heterocycles. The lowest BCUT2D eigenvalue weighted by molar-refractivity contribution is 0.334. The highest BCUT2D eigenvalue weighted by atomic mass is 15.4. The van der Waals surface area contributed by atoms with E-state index in [2.05, 4.69) is 36.2 Å². The minimum Gasteiger partial charge on any atom is -0.342 e. The van der Waals surface area contributed by atoms with E-state index in [4.69, 9.17) is 5.84 Å². The molecule has 1 fully saturated rings. The molecule has 0 aromatic rings. The maximum Gasteiger partial charge on any atom is 0.208 e. The maximum absolute atomic E-state index is 5.47. The molecule has 4 heteroatoms. The van der Waals surface area contributed by atoms with E-state index in [0.29, 0.717) is 12.1 Å². The van der Waals surface area contributed by atoms with Gasteiger partial charge in [0.1, 0.15) is 0 Å². The Kier molecular flexibility index (Phi) is 4.20. The highest BCUT2D eigenvalue weighted by Gasteiger charge is 2.23. The zero-order valence-electron chi connectivity index (χ0n) is 9.45. The number of aliphatic imine (C=N–C) groups is 1. The molecule has 14 heavy (non-hydrogen) atoms. The third-order valence-electron chi connectivity index (χ3n) is 2.81. The van der Waals surface area contributed by atoms with Crippen LogP contribution in [0.5, 0.6) is 0 Å². The van der Waals surface area contributed by atoms with E-state index in [1.54, 1.807) is 0 Å². The molecule has 1 rings (SSSR count). The zero-order valence-corrected chi connectivity index (χ0v) is 9.45. The van der Waals surface area contributed by atoms with E-state index >= 15 is 0 Å². The fraction of sp³-hybridized carbons (Fsp3) is 0.900. The largest absolute Gasteiger partial charge is 0.342 e. The summed E-state index contributed by atoms with van der Waals surface area (Å²) in [5.41, 5.74) is 2.70. The van der Waals surface area contributed by atoms with Crippen LogP contribution in [0.25, 0.3) is 0 Å². The average Bonchev–Trinajstić information content (AvgIpc) is 2.99. The number of nitrogens with zero attached hydrogens (tertiary/aromatic N) is 2. The first-order valence-corrected chi connectivity index (χ1v) is 5.50. The highest BCUT2D eigenvalue weighted by molar-refractivity contribution is 5.79. The van der Waals surface area contributed by atoms with Gasteiger partial charge >= 0.3 is 0 Å². The molecular weight excluding hydrogens is 176 g/mol. The van der Waals surface area contributed by atoms with E-state index in [-0.39, 0.29) is 0 Å². The lowest BCUT2D eigenvalue weighted by atomic mass is 10.1. The summed E-state index contributed by atoms with van der Waals surface area (Å²) in [5.74, 6) is 6.31. The van der Waals surface area contributed by atoms with Gasteiger partial charge < -0.3 is 4.90 Å². The summed E-state index contributed by atoms with van der Waals surface area (Å²) >= 11 is 0. The molecule has 4 nitrogen and oxygen atoms in total. The number of hydrogen-bond donors (Lipinski definition) is 2. The highest BCUT2D eigenvalue weighted by Crippen LogP contribution is 2.23. The first-order valence-electron chi connectivity index (χ1n) is 5.50. The Morgan fingerprint density at radius 2 is 2.07 bits per heavy atom. The molecule has 0 unspecified atom stereocenters. The predicted molar refractivity (Wildman–Crippen MR) is 59.9 cm³/mol. The summed E-state index contributed by atoms with van der Waals surface area (Å²) in [5, 5.41) is 0. The predicted octanol–water partition coefficient (Wildman–Crippen LogP) is 1.09. The number of rotatable bonds is 4. The van der Waals surface area contributed by atoms with E-state index < -0.39 is 0 Å². The van der Waals surface area contributed by atoms with Gasteiger partial charge in [0, 0.05) is 13.1 Å². The second-order valence-corrected chi connectivity index (χ2v) is 3.91. The van der Waals surface area contributed by atoms with Crippen molar-refractivity contribution in [2.45, 2.75) is 51.6 Å². The molecule has 0 saturated heterocycles. The van der Waals surface area contributed by atoms with Gasteiger partial charge in [-0.2, -0.15) is 0 Å². The Balaban J connectivity index is 2.57. The van der Waals surface area contributed by atoms with Crippen LogP contribution in [0.1, 0.15) is 39.5 Å². The molecule has 0 radical (unpaired) electrons. The zero-order chi connectivity index (χ0) is 10.6. The third kappa shape index (κ3) is 2.87. The van der Waals surface area contributed by atoms with Crippen molar-refractivity contribution in [2.24, 2.45) is 10.8 Å². The molecule has 0 aliphatic heterocycles. The van der Waals surface area contributed by atoms with Crippen molar-refractivity contribution >= 4 is 5.96 Å². The van der Waals surface area contributed by atoms with Gasteiger partial charge in [-0.15, -0.1) is 0 Å². The number of nitrogens with one attached hydrogen (secondary N) is 1. The van der Waals surface area contributed by atoms with Crippen LogP contribution in [0.2, 0.25) is 0 Å². The van der Waals surface area contributed by atoms with Gasteiger partial charge in [0.15, 0.2) is 0 Å². The van der Waals surface area contributed by atoms with Gasteiger partial charge in [-0.05, 0) is 25.7 Å². The van der Waals surface area contributed by atoms with Gasteiger partial charge in [-0.3, -0.25) is 5.43 Å². The molecule has 1 saturated carbocycles. The molecule has 0 amide bonds. The average molecular weight is 198 g/mol. The Labute approximate surface area is 86.5 Å². The topological polar surface area (TPSA) is 53.6 Å². The standard InChI is InChI=1S/C10H22N4/c1-4-9(5-2)14(3)10(13-11)12-8-6-7-8/h8-9H,4-7,11H2,1-3H3,(H,12,13). The van der Waals surface area contributed by atoms with Crippen molar-refractivity contribution in [1.82, 2.24) is 10.3 Å². The number of hydrogen-bond acceptors (Lipinski definition) is 2. The van der Waals surface area contributed by atoms with E-state index in [1.807, 2.05) is 0 Å². The van der Waals surface area contributed by atoms with E-state index in [1.165, 1.54) is 12.8 Å². The van der Waals surface area contributed by atoms with Crippen LogP contribution in [-0.2, 0) is 0 Å². The summed E-state index contributed by atoms with van der Waals surface area (Å²) in [6.45, 7) is 4.38. The van der Waals surface area contributed by atoms with E-state index in [0.717, 1.165) is 18.8 Å². The quantitative estimate of drug-likeness (QED) is 0.308. The molecule has 1 aliphatic rings. The van der Waals surface area contributed by atoms with Gasteiger partial charge in [0.2, 0.25) is 5.96 Å². The molecule has 0 atom stereocenters. The Morgan fingerprint density at radius 3 is 2.43 bits per heavy atom. The second-order valence-electron chi connectivity index (χ2n) is 3.91. The summed E-state index contributed by atoms with van der Waals surface area (Å²) in [7, 11) is 2.05. The second kappa shape index (κ2) is 5.20. The van der Waals surface area contributed by atoms with Crippen LogP contribution in [0.4, 0.5) is 0 Å². The van der Waals surface area contributed by atoms with Gasteiger partial charge in [-0.1, -0.05) is 13.8 Å². The Bertz CT molecular complexity index is 194. The monoisotopic (exact) mass is 198 g/mol. The number of hydrazine groups is 1. The molecule has 82 valence electrons. The van der Waals surface area contributed by atoms with Crippen molar-refractivity contribution in [2.75, 3.05) is 7.05 Å². The first-order chi connectivity index (χ1) is 6.72. The molecule has 0 aromatic heterocycles. The van der Waals surface area contributed by atoms with Gasteiger partial charge in [-0.25, -0.2) is 10.8 Å². The van der Waals surface area contributed by atoms with Crippen LogP contribution in [-0.4, -0.2) is 30.0 Å². The van der Waals surface area contributed by atoms with Crippen LogP contribution >= 0.6 is 0 Å². The fourth-order valence-electron chi connectivity index (χ4n) is 1.62. The van der Waals surface area contributed by atoms with Crippen LogP contribution < -0.4 is 11.3 Å². The molecular formula is C10H22N4. The van der Waals surface area contributed by atoms with Crippen LogP contribution in [0.3, 0.4) is 0 Å². The smallest absolute Gasteiger partial charge is 0.208 e. The molecule has 0 aromatic carbocycles. The fourth-order valence-corrected chi connectivity index (χ4v) is 1.62. The molecule has 0 spiro atoms. The van der Waals surface area contributed by atoms with Crippen molar-refractivity contribution in [3.8, 4) is 0 Å².